The molecule has 2 heterocycles. The Morgan fingerprint density at radius 1 is 0.931 bits per heavy atom. The summed E-state index contributed by atoms with van der Waals surface area (Å²) >= 11 is 0. The minimum Gasteiger partial charge on any atom is -0.493 e. The monoisotopic (exact) mass is 405 g/mol. The number of fused-ring (bicyclic) bond motifs is 2. The van der Waals surface area contributed by atoms with Crippen LogP contribution in [0, 0.1) is 0 Å². The predicted molar refractivity (Wildman–Crippen MR) is 100 cm³/mol. The van der Waals surface area contributed by atoms with Crippen LogP contribution in [0.5, 0.6) is 17.2 Å². The second-order valence-corrected chi connectivity index (χ2v) is 6.68. The number of carbonyl (C=O) groups excluding carboxylic acids is 1. The van der Waals surface area contributed by atoms with E-state index in [9.17, 15) is 18.0 Å². The third-order valence-electron chi connectivity index (χ3n) is 4.62. The Labute approximate surface area is 165 Å². The zero-order valence-corrected chi connectivity index (χ0v) is 15.3. The number of amides is 1. The number of anilines is 1. The zero-order chi connectivity index (χ0) is 20.4. The molecule has 2 aromatic rings. The molecule has 0 aromatic heterocycles. The molecule has 1 amide bonds. The van der Waals surface area contributed by atoms with Crippen molar-refractivity contribution in [2.24, 2.45) is 0 Å². The summed E-state index contributed by atoms with van der Waals surface area (Å²) in [5.74, 6) is 0.914. The molecule has 0 unspecified atom stereocenters. The minimum atomic E-state index is -4.45. The molecule has 0 spiro atoms. The van der Waals surface area contributed by atoms with Gasteiger partial charge >= 0.3 is 6.18 Å². The van der Waals surface area contributed by atoms with Crippen molar-refractivity contribution < 1.29 is 32.2 Å². The van der Waals surface area contributed by atoms with Crippen LogP contribution < -0.4 is 19.5 Å². The first-order valence-corrected chi connectivity index (χ1v) is 9.16. The molecule has 8 heteroatoms. The molecule has 0 aliphatic carbocycles. The number of allylic oxidation sites excluding steroid dienone is 1. The Bertz CT molecular complexity index is 969. The zero-order valence-electron chi connectivity index (χ0n) is 15.3. The fourth-order valence-electron chi connectivity index (χ4n) is 3.27. The van der Waals surface area contributed by atoms with Crippen LogP contribution in [0.1, 0.15) is 24.0 Å². The van der Waals surface area contributed by atoms with Gasteiger partial charge in [-0.15, -0.1) is 0 Å². The van der Waals surface area contributed by atoms with Crippen LogP contribution in [0.4, 0.5) is 18.9 Å². The maximum Gasteiger partial charge on any atom is 0.416 e. The topological polar surface area (TPSA) is 56.8 Å². The highest BCUT2D eigenvalue weighted by Crippen LogP contribution is 2.38. The Morgan fingerprint density at radius 2 is 1.69 bits per heavy atom. The van der Waals surface area contributed by atoms with E-state index in [-0.39, 0.29) is 18.3 Å². The van der Waals surface area contributed by atoms with E-state index in [4.69, 9.17) is 14.2 Å². The summed E-state index contributed by atoms with van der Waals surface area (Å²) in [5.41, 5.74) is 0.876. The number of hydrogen-bond acceptors (Lipinski definition) is 4. The summed E-state index contributed by atoms with van der Waals surface area (Å²) in [4.78, 5) is 12.5. The van der Waals surface area contributed by atoms with E-state index in [0.29, 0.717) is 54.4 Å². The predicted octanol–water partition coefficient (Wildman–Crippen LogP) is 4.67. The second kappa shape index (κ2) is 7.69. The maximum atomic E-state index is 13.0. The molecule has 2 aromatic carbocycles. The second-order valence-electron chi connectivity index (χ2n) is 6.68. The molecule has 2 aliphatic rings. The Balaban J connectivity index is 1.57. The molecular weight excluding hydrogens is 387 g/mol. The lowest BCUT2D eigenvalue weighted by Crippen LogP contribution is -2.16. The molecule has 152 valence electrons. The largest absolute Gasteiger partial charge is 0.493 e. The number of rotatable bonds is 2. The summed E-state index contributed by atoms with van der Waals surface area (Å²) in [6, 6.07) is 8.42. The third-order valence-corrected chi connectivity index (χ3v) is 4.62. The molecule has 4 rings (SSSR count). The summed E-state index contributed by atoms with van der Waals surface area (Å²) in [6.45, 7) is 1.20. The quantitative estimate of drug-likeness (QED) is 0.738. The average Bonchev–Trinajstić information content (AvgIpc) is 2.89. The lowest BCUT2D eigenvalue weighted by molar-refractivity contribution is -0.137. The SMILES string of the molecule is O=C(C=C1CCCOc2cc(C(F)(F)F)ccc21)Nc1ccc2c(c1)OCCO2. The normalized spacial score (nSPS) is 17.1. The van der Waals surface area contributed by atoms with Gasteiger partial charge in [-0.1, -0.05) is 6.07 Å². The van der Waals surface area contributed by atoms with Gasteiger partial charge < -0.3 is 19.5 Å². The molecule has 0 radical (unpaired) electrons. The van der Waals surface area contributed by atoms with Gasteiger partial charge in [-0.25, -0.2) is 0 Å². The number of halogens is 3. The molecule has 29 heavy (non-hydrogen) atoms. The van der Waals surface area contributed by atoms with Crippen molar-refractivity contribution in [1.29, 1.82) is 0 Å². The molecule has 0 saturated carbocycles. The van der Waals surface area contributed by atoms with E-state index >= 15 is 0 Å². The van der Waals surface area contributed by atoms with E-state index in [1.54, 1.807) is 18.2 Å². The smallest absolute Gasteiger partial charge is 0.416 e. The lowest BCUT2D eigenvalue weighted by atomic mass is 9.99. The van der Waals surface area contributed by atoms with Crippen LogP contribution in [0.15, 0.2) is 42.5 Å². The fraction of sp³-hybridized carbons (Fsp3) is 0.286. The Kier molecular flexibility index (Phi) is 5.08. The van der Waals surface area contributed by atoms with Crippen molar-refractivity contribution in [1.82, 2.24) is 0 Å². The number of nitrogens with one attached hydrogen (secondary N) is 1. The third kappa shape index (κ3) is 4.31. The first kappa shape index (κ1) is 19.2. The van der Waals surface area contributed by atoms with Gasteiger partial charge in [0, 0.05) is 23.4 Å². The molecule has 5 nitrogen and oxygen atoms in total. The lowest BCUT2D eigenvalue weighted by Gasteiger charge is -2.18. The van der Waals surface area contributed by atoms with Crippen molar-refractivity contribution >= 4 is 17.2 Å². The number of alkyl halides is 3. The van der Waals surface area contributed by atoms with Crippen LogP contribution >= 0.6 is 0 Å². The van der Waals surface area contributed by atoms with Crippen molar-refractivity contribution in [3.8, 4) is 17.2 Å². The van der Waals surface area contributed by atoms with Crippen molar-refractivity contribution in [2.75, 3.05) is 25.1 Å². The molecule has 0 bridgehead atoms. The first-order chi connectivity index (χ1) is 13.9. The van der Waals surface area contributed by atoms with E-state index in [2.05, 4.69) is 5.32 Å². The van der Waals surface area contributed by atoms with Crippen molar-refractivity contribution in [3.63, 3.8) is 0 Å². The molecule has 0 saturated heterocycles. The summed E-state index contributed by atoms with van der Waals surface area (Å²) in [7, 11) is 0. The van der Waals surface area contributed by atoms with Crippen LogP contribution in [0.2, 0.25) is 0 Å². The van der Waals surface area contributed by atoms with Crippen LogP contribution in [-0.4, -0.2) is 25.7 Å². The van der Waals surface area contributed by atoms with Gasteiger partial charge in [0.15, 0.2) is 11.5 Å². The molecule has 0 fully saturated rings. The molecule has 1 N–H and O–H groups in total. The highest BCUT2D eigenvalue weighted by atomic mass is 19.4. The van der Waals surface area contributed by atoms with E-state index in [1.165, 1.54) is 12.1 Å². The fourth-order valence-corrected chi connectivity index (χ4v) is 3.27. The van der Waals surface area contributed by atoms with Gasteiger partial charge in [-0.3, -0.25) is 4.79 Å². The number of hydrogen-bond donors (Lipinski definition) is 1. The summed E-state index contributed by atoms with van der Waals surface area (Å²) < 4.78 is 55.3. The number of ether oxygens (including phenoxy) is 3. The average molecular weight is 405 g/mol. The maximum absolute atomic E-state index is 13.0. The van der Waals surface area contributed by atoms with Crippen LogP contribution in [0.3, 0.4) is 0 Å². The van der Waals surface area contributed by atoms with Gasteiger partial charge in [-0.05, 0) is 42.7 Å². The first-order valence-electron chi connectivity index (χ1n) is 9.16. The summed E-state index contributed by atoms with van der Waals surface area (Å²) in [5, 5.41) is 2.75. The van der Waals surface area contributed by atoms with Crippen molar-refractivity contribution in [3.05, 3.63) is 53.6 Å². The molecule has 0 atom stereocenters. The summed E-state index contributed by atoms with van der Waals surface area (Å²) in [6.07, 6.45) is -1.94. The van der Waals surface area contributed by atoms with Crippen molar-refractivity contribution in [2.45, 2.75) is 19.0 Å². The number of carbonyl (C=O) groups is 1. The highest BCUT2D eigenvalue weighted by molar-refractivity contribution is 6.04. The standard InChI is InChI=1S/C21H18F3NO4/c22-21(23,24)14-3-5-16-13(2-1-7-27-18(16)11-14)10-20(26)25-15-4-6-17-19(12-15)29-9-8-28-17/h3-6,10-12H,1-2,7-9H2,(H,25,26). The van der Waals surface area contributed by atoms with Crippen LogP contribution in [-0.2, 0) is 11.0 Å². The van der Waals surface area contributed by atoms with Gasteiger partial charge in [0.2, 0.25) is 5.91 Å². The van der Waals surface area contributed by atoms with E-state index < -0.39 is 11.7 Å². The Morgan fingerprint density at radius 3 is 2.48 bits per heavy atom. The Hall–Kier alpha value is -3.16. The molecular formula is C21H18F3NO4. The van der Waals surface area contributed by atoms with Gasteiger partial charge in [0.1, 0.15) is 19.0 Å². The highest BCUT2D eigenvalue weighted by Gasteiger charge is 2.32. The number of benzene rings is 2. The molecule has 2 aliphatic heterocycles. The minimum absolute atomic E-state index is 0.135. The van der Waals surface area contributed by atoms with E-state index in [0.717, 1.165) is 12.1 Å². The van der Waals surface area contributed by atoms with Crippen LogP contribution in [0.25, 0.3) is 5.57 Å². The van der Waals surface area contributed by atoms with Gasteiger partial charge in [0.25, 0.3) is 0 Å². The van der Waals surface area contributed by atoms with E-state index in [1.807, 2.05) is 0 Å². The van der Waals surface area contributed by atoms with Gasteiger partial charge in [0.05, 0.1) is 12.2 Å². The van der Waals surface area contributed by atoms with Gasteiger partial charge in [-0.2, -0.15) is 13.2 Å².